The molecule has 0 aliphatic heterocycles. The molecule has 0 saturated heterocycles. The SMILES string of the molecule is CC1C=C(C2C3CC4CC(C3)CC2C4)C=C1c1c2c(cc(C(C)(C)C)c1=C(c1ccc(C(C)(C)C)cc1)c1ccc(C(C)(C)C)cc1)=c1cc(C(C)(C)C)ccc1=C2. The summed E-state index contributed by atoms with van der Waals surface area (Å²) in [6, 6.07) is 29.2. The first-order valence-corrected chi connectivity index (χ1v) is 22.9. The summed E-state index contributed by atoms with van der Waals surface area (Å²) in [5.41, 5.74) is 15.8. The van der Waals surface area contributed by atoms with E-state index in [1.807, 2.05) is 0 Å². The molecule has 10 rings (SSSR count). The van der Waals surface area contributed by atoms with E-state index in [4.69, 9.17) is 0 Å². The molecule has 4 aromatic carbocycles. The average molecular weight is 767 g/mol. The van der Waals surface area contributed by atoms with Gasteiger partial charge >= 0.3 is 0 Å². The van der Waals surface area contributed by atoms with Gasteiger partial charge < -0.3 is 0 Å². The molecule has 4 fully saturated rings. The summed E-state index contributed by atoms with van der Waals surface area (Å²) < 4.78 is 0. The van der Waals surface area contributed by atoms with Gasteiger partial charge in [-0.05, 0) is 178 Å². The third-order valence-corrected chi connectivity index (χ3v) is 15.2. The highest BCUT2D eigenvalue weighted by atomic mass is 14.5. The molecule has 4 bridgehead atoms. The van der Waals surface area contributed by atoms with Crippen molar-refractivity contribution in [3.63, 3.8) is 0 Å². The molecule has 58 heavy (non-hydrogen) atoms. The minimum absolute atomic E-state index is 0.0762. The van der Waals surface area contributed by atoms with Crippen LogP contribution in [0.1, 0.15) is 167 Å². The van der Waals surface area contributed by atoms with Gasteiger partial charge in [0.15, 0.2) is 0 Å². The van der Waals surface area contributed by atoms with Gasteiger partial charge in [0.2, 0.25) is 0 Å². The fourth-order valence-electron chi connectivity index (χ4n) is 12.2. The van der Waals surface area contributed by atoms with Gasteiger partial charge in [-0.25, -0.2) is 0 Å². The van der Waals surface area contributed by atoms with Crippen LogP contribution < -0.4 is 10.4 Å². The lowest BCUT2D eigenvalue weighted by molar-refractivity contribution is -0.0194. The van der Waals surface area contributed by atoms with Gasteiger partial charge in [0.25, 0.3) is 0 Å². The molecular formula is C58H70. The molecule has 6 aliphatic rings. The fraction of sp³-hybridized carbons (Fsp3) is 0.483. The molecule has 1 unspecified atom stereocenters. The zero-order valence-electron chi connectivity index (χ0n) is 38.2. The third-order valence-electron chi connectivity index (χ3n) is 15.2. The van der Waals surface area contributed by atoms with Crippen molar-refractivity contribution in [1.82, 2.24) is 0 Å². The first-order valence-electron chi connectivity index (χ1n) is 22.9. The van der Waals surface area contributed by atoms with Crippen LogP contribution in [0.2, 0.25) is 0 Å². The molecule has 1 atom stereocenters. The summed E-state index contributed by atoms with van der Waals surface area (Å²) in [6.45, 7) is 30.9. The molecule has 4 saturated carbocycles. The van der Waals surface area contributed by atoms with Crippen LogP contribution in [0.5, 0.6) is 0 Å². The molecule has 0 N–H and O–H groups in total. The van der Waals surface area contributed by atoms with Crippen LogP contribution in [0.3, 0.4) is 0 Å². The number of allylic oxidation sites excluding steroid dienone is 4. The Morgan fingerprint density at radius 1 is 0.517 bits per heavy atom. The third kappa shape index (κ3) is 6.83. The zero-order chi connectivity index (χ0) is 41.3. The molecule has 0 nitrogen and oxygen atoms in total. The summed E-state index contributed by atoms with van der Waals surface area (Å²) in [5.74, 6) is 4.78. The second-order valence-corrected chi connectivity index (χ2v) is 23.6. The summed E-state index contributed by atoms with van der Waals surface area (Å²) >= 11 is 0. The highest BCUT2D eigenvalue weighted by molar-refractivity contribution is 5.89. The molecule has 4 aromatic rings. The Morgan fingerprint density at radius 2 is 1.02 bits per heavy atom. The number of rotatable bonds is 4. The van der Waals surface area contributed by atoms with Crippen LogP contribution in [0.4, 0.5) is 0 Å². The molecule has 302 valence electrons. The Labute approximate surface area is 351 Å². The van der Waals surface area contributed by atoms with Crippen LogP contribution in [-0.2, 0) is 21.7 Å². The molecule has 0 amide bonds. The van der Waals surface area contributed by atoms with Gasteiger partial charge in [-0.3, -0.25) is 0 Å². The summed E-state index contributed by atoms with van der Waals surface area (Å²) in [7, 11) is 0. The molecule has 6 aliphatic carbocycles. The number of hydrogen-bond donors (Lipinski definition) is 0. The molecule has 0 radical (unpaired) electrons. The van der Waals surface area contributed by atoms with Crippen molar-refractivity contribution < 1.29 is 0 Å². The lowest BCUT2D eigenvalue weighted by atomic mass is 9.50. The van der Waals surface area contributed by atoms with E-state index in [0.29, 0.717) is 5.92 Å². The second kappa shape index (κ2) is 13.6. The minimum atomic E-state index is -0.106. The van der Waals surface area contributed by atoms with Crippen LogP contribution in [0.25, 0.3) is 17.2 Å². The Hall–Kier alpha value is -3.90. The molecule has 0 heteroatoms. The van der Waals surface area contributed by atoms with Crippen molar-refractivity contribution in [3.05, 3.63) is 156 Å². The fourth-order valence-corrected chi connectivity index (χ4v) is 12.2. The first-order chi connectivity index (χ1) is 27.1. The van der Waals surface area contributed by atoms with Crippen molar-refractivity contribution in [2.75, 3.05) is 0 Å². The molecular weight excluding hydrogens is 697 g/mol. The average Bonchev–Trinajstić information content (AvgIpc) is 3.69. The van der Waals surface area contributed by atoms with Crippen molar-refractivity contribution in [2.45, 2.75) is 144 Å². The predicted molar refractivity (Wildman–Crippen MR) is 248 cm³/mol. The summed E-state index contributed by atoms with van der Waals surface area (Å²) in [4.78, 5) is 0. The molecule has 0 spiro atoms. The van der Waals surface area contributed by atoms with Gasteiger partial charge in [-0.2, -0.15) is 0 Å². The predicted octanol–water partition coefficient (Wildman–Crippen LogP) is 13.6. The first kappa shape index (κ1) is 39.6. The van der Waals surface area contributed by atoms with Crippen molar-refractivity contribution in [3.8, 4) is 0 Å². The van der Waals surface area contributed by atoms with E-state index in [1.165, 1.54) is 109 Å². The van der Waals surface area contributed by atoms with Gasteiger partial charge in [0, 0.05) is 5.92 Å². The Balaban J connectivity index is 1.41. The zero-order valence-corrected chi connectivity index (χ0v) is 38.2. The number of fused-ring (bicyclic) bond motifs is 2. The van der Waals surface area contributed by atoms with Crippen LogP contribution in [0, 0.1) is 45.9 Å². The lowest BCUT2D eigenvalue weighted by Gasteiger charge is -2.54. The minimum Gasteiger partial charge on any atom is -0.0737 e. The lowest BCUT2D eigenvalue weighted by Crippen LogP contribution is -2.45. The normalized spacial score (nSPS) is 25.0. The van der Waals surface area contributed by atoms with Crippen LogP contribution in [0.15, 0.2) is 90.5 Å². The Bertz CT molecular complexity index is 2490. The van der Waals surface area contributed by atoms with E-state index in [-0.39, 0.29) is 21.7 Å². The van der Waals surface area contributed by atoms with E-state index in [1.54, 1.807) is 5.57 Å². The largest absolute Gasteiger partial charge is 0.0737 e. The van der Waals surface area contributed by atoms with Crippen molar-refractivity contribution >= 4 is 17.2 Å². The highest BCUT2D eigenvalue weighted by Gasteiger charge is 2.49. The van der Waals surface area contributed by atoms with Gasteiger partial charge in [-0.15, -0.1) is 0 Å². The van der Waals surface area contributed by atoms with Crippen molar-refractivity contribution in [1.29, 1.82) is 0 Å². The maximum atomic E-state index is 2.74. The maximum absolute atomic E-state index is 2.74. The molecule has 0 heterocycles. The Kier molecular flexibility index (Phi) is 9.25. The van der Waals surface area contributed by atoms with Gasteiger partial charge in [0.05, 0.1) is 0 Å². The smallest absolute Gasteiger partial charge is 0.000197 e. The second-order valence-electron chi connectivity index (χ2n) is 23.6. The summed E-state index contributed by atoms with van der Waals surface area (Å²) in [5, 5.41) is 5.59. The van der Waals surface area contributed by atoms with E-state index in [0.717, 1.165) is 29.6 Å². The topological polar surface area (TPSA) is 0 Å². The van der Waals surface area contributed by atoms with Gasteiger partial charge in [-0.1, -0.05) is 169 Å². The standard InChI is InChI=1S/C58H70/c1-34-24-40(51-41-26-35-25-36(28-41)29-42(51)27-35)31-46(34)53-49-30-39-18-23-45(57(8,9)10)32-47(39)48(49)33-50(58(11,12)13)54(53)52(37-14-19-43(20-15-37)55(2,3)4)38-16-21-44(22-17-38)56(5,6)7/h14-24,30-36,41-42,51H,25-29H2,1-13H3. The molecule has 0 aromatic heterocycles. The van der Waals surface area contributed by atoms with E-state index >= 15 is 0 Å². The number of benzene rings is 4. The highest BCUT2D eigenvalue weighted by Crippen LogP contribution is 2.59. The van der Waals surface area contributed by atoms with Gasteiger partial charge in [0.1, 0.15) is 0 Å². The van der Waals surface area contributed by atoms with Crippen molar-refractivity contribution in [2.24, 2.45) is 35.5 Å². The van der Waals surface area contributed by atoms with E-state index < -0.39 is 0 Å². The van der Waals surface area contributed by atoms with E-state index in [9.17, 15) is 0 Å². The van der Waals surface area contributed by atoms with Crippen LogP contribution in [-0.4, -0.2) is 0 Å². The summed E-state index contributed by atoms with van der Waals surface area (Å²) in [6.07, 6.45) is 15.3. The van der Waals surface area contributed by atoms with Crippen LogP contribution >= 0.6 is 0 Å². The monoisotopic (exact) mass is 767 g/mol. The number of hydrogen-bond acceptors (Lipinski definition) is 0. The Morgan fingerprint density at radius 3 is 1.50 bits per heavy atom. The van der Waals surface area contributed by atoms with E-state index in [2.05, 4.69) is 181 Å². The maximum Gasteiger partial charge on any atom is 0.000197 e. The quantitative estimate of drug-likeness (QED) is 0.171.